The van der Waals surface area contributed by atoms with E-state index in [1.807, 2.05) is 0 Å². The van der Waals surface area contributed by atoms with Crippen molar-refractivity contribution in [1.29, 1.82) is 0 Å². The largest absolute Gasteiger partial charge is 0.394 e. The number of carbonyl (C=O) groups excluding carboxylic acids is 1. The second-order valence-electron chi connectivity index (χ2n) is 3.93. The molecular formula is C10H20N2O3. The molecule has 0 aromatic carbocycles. The summed E-state index contributed by atoms with van der Waals surface area (Å²) in [6, 6.07) is -0.670. The van der Waals surface area contributed by atoms with Gasteiger partial charge in [0.15, 0.2) is 0 Å². The summed E-state index contributed by atoms with van der Waals surface area (Å²) in [5.74, 6) is -0.115. The van der Waals surface area contributed by atoms with Crippen molar-refractivity contribution in [2.75, 3.05) is 26.9 Å². The zero-order valence-corrected chi connectivity index (χ0v) is 9.19. The van der Waals surface area contributed by atoms with Crippen LogP contribution in [0.15, 0.2) is 0 Å². The third-order valence-corrected chi connectivity index (χ3v) is 2.78. The number of methoxy groups -OCH3 is 1. The van der Waals surface area contributed by atoms with Gasteiger partial charge in [0.05, 0.1) is 19.3 Å². The Morgan fingerprint density at radius 1 is 1.67 bits per heavy atom. The number of hydrogen-bond donors (Lipinski definition) is 2. The average molecular weight is 216 g/mol. The molecule has 0 bridgehead atoms. The van der Waals surface area contributed by atoms with Crippen LogP contribution in [0.3, 0.4) is 0 Å². The van der Waals surface area contributed by atoms with Crippen molar-refractivity contribution in [3.63, 3.8) is 0 Å². The number of aliphatic hydroxyl groups excluding tert-OH is 1. The summed E-state index contributed by atoms with van der Waals surface area (Å²) in [5, 5.41) is 9.16. The van der Waals surface area contributed by atoms with E-state index in [1.165, 1.54) is 7.11 Å². The maximum absolute atomic E-state index is 11.9. The number of piperidine rings is 1. The van der Waals surface area contributed by atoms with E-state index in [1.54, 1.807) is 4.90 Å². The zero-order valence-electron chi connectivity index (χ0n) is 9.19. The predicted molar refractivity (Wildman–Crippen MR) is 56.3 cm³/mol. The van der Waals surface area contributed by atoms with Gasteiger partial charge in [-0.1, -0.05) is 0 Å². The van der Waals surface area contributed by atoms with E-state index in [0.29, 0.717) is 6.54 Å². The molecule has 0 aromatic rings. The fraction of sp³-hybridized carbons (Fsp3) is 0.900. The Balaban J connectivity index is 2.55. The minimum atomic E-state index is -0.609. The van der Waals surface area contributed by atoms with Gasteiger partial charge in [-0.15, -0.1) is 0 Å². The summed E-state index contributed by atoms with van der Waals surface area (Å²) in [5.41, 5.74) is 5.68. The summed E-state index contributed by atoms with van der Waals surface area (Å²) < 4.78 is 4.85. The summed E-state index contributed by atoms with van der Waals surface area (Å²) in [4.78, 5) is 13.6. The molecule has 15 heavy (non-hydrogen) atoms. The van der Waals surface area contributed by atoms with Crippen LogP contribution in [0.5, 0.6) is 0 Å². The fourth-order valence-electron chi connectivity index (χ4n) is 1.94. The Morgan fingerprint density at radius 3 is 3.00 bits per heavy atom. The highest BCUT2D eigenvalue weighted by Gasteiger charge is 2.29. The van der Waals surface area contributed by atoms with Gasteiger partial charge in [-0.2, -0.15) is 0 Å². The van der Waals surface area contributed by atoms with Gasteiger partial charge >= 0.3 is 0 Å². The second-order valence-corrected chi connectivity index (χ2v) is 3.93. The van der Waals surface area contributed by atoms with Crippen LogP contribution in [-0.4, -0.2) is 54.9 Å². The van der Waals surface area contributed by atoms with E-state index in [-0.39, 0.29) is 25.2 Å². The number of hydrogen-bond acceptors (Lipinski definition) is 4. The van der Waals surface area contributed by atoms with Crippen LogP contribution in [0, 0.1) is 0 Å². The maximum atomic E-state index is 11.9. The molecule has 0 aliphatic carbocycles. The highest BCUT2D eigenvalue weighted by molar-refractivity contribution is 5.82. The lowest BCUT2D eigenvalue weighted by Crippen LogP contribution is -2.53. The van der Waals surface area contributed by atoms with Gasteiger partial charge in [-0.25, -0.2) is 0 Å². The molecule has 3 N–H and O–H groups in total. The molecule has 1 rings (SSSR count). The van der Waals surface area contributed by atoms with Gasteiger partial charge in [-0.05, 0) is 19.3 Å². The SMILES string of the molecule is COCC(N)C(=O)N1CCCCC1CO. The van der Waals surface area contributed by atoms with E-state index >= 15 is 0 Å². The maximum Gasteiger partial charge on any atom is 0.242 e. The van der Waals surface area contributed by atoms with Gasteiger partial charge < -0.3 is 20.5 Å². The van der Waals surface area contributed by atoms with Crippen LogP contribution in [0.25, 0.3) is 0 Å². The van der Waals surface area contributed by atoms with Crippen molar-refractivity contribution >= 4 is 5.91 Å². The summed E-state index contributed by atoms with van der Waals surface area (Å²) in [6.07, 6.45) is 2.92. The van der Waals surface area contributed by atoms with Crippen molar-refractivity contribution in [1.82, 2.24) is 4.90 Å². The Morgan fingerprint density at radius 2 is 2.40 bits per heavy atom. The topological polar surface area (TPSA) is 75.8 Å². The van der Waals surface area contributed by atoms with E-state index in [2.05, 4.69) is 0 Å². The average Bonchev–Trinajstić information content (AvgIpc) is 2.28. The minimum Gasteiger partial charge on any atom is -0.394 e. The Kier molecular flexibility index (Phi) is 5.01. The number of nitrogens with two attached hydrogens (primary N) is 1. The van der Waals surface area contributed by atoms with Gasteiger partial charge in [0, 0.05) is 13.7 Å². The molecule has 88 valence electrons. The second kappa shape index (κ2) is 6.05. The molecule has 5 heteroatoms. The third-order valence-electron chi connectivity index (χ3n) is 2.78. The molecule has 0 saturated carbocycles. The molecular weight excluding hydrogens is 196 g/mol. The van der Waals surface area contributed by atoms with Crippen LogP contribution in [0.4, 0.5) is 0 Å². The Bertz CT molecular complexity index is 211. The van der Waals surface area contributed by atoms with Crippen LogP contribution in [0.1, 0.15) is 19.3 Å². The van der Waals surface area contributed by atoms with Crippen molar-refractivity contribution < 1.29 is 14.6 Å². The summed E-state index contributed by atoms with van der Waals surface area (Å²) in [6.45, 7) is 0.945. The highest BCUT2D eigenvalue weighted by Crippen LogP contribution is 2.17. The summed E-state index contributed by atoms with van der Waals surface area (Å²) >= 11 is 0. The number of carbonyl (C=O) groups is 1. The zero-order chi connectivity index (χ0) is 11.3. The lowest BCUT2D eigenvalue weighted by Gasteiger charge is -2.36. The van der Waals surface area contributed by atoms with Crippen LogP contribution < -0.4 is 5.73 Å². The Labute approximate surface area is 90.2 Å². The molecule has 5 nitrogen and oxygen atoms in total. The van der Waals surface area contributed by atoms with E-state index in [0.717, 1.165) is 19.3 Å². The van der Waals surface area contributed by atoms with E-state index < -0.39 is 6.04 Å². The molecule has 0 spiro atoms. The normalized spacial score (nSPS) is 23.9. The summed E-state index contributed by atoms with van der Waals surface area (Å²) in [7, 11) is 1.52. The van der Waals surface area contributed by atoms with Crippen molar-refractivity contribution in [3.8, 4) is 0 Å². The van der Waals surface area contributed by atoms with Crippen molar-refractivity contribution in [2.45, 2.75) is 31.3 Å². The molecule has 1 amide bonds. The van der Waals surface area contributed by atoms with Crippen LogP contribution in [-0.2, 0) is 9.53 Å². The van der Waals surface area contributed by atoms with E-state index in [9.17, 15) is 4.79 Å². The highest BCUT2D eigenvalue weighted by atomic mass is 16.5. The molecule has 2 atom stereocenters. The minimum absolute atomic E-state index is 0.0193. The molecule has 1 saturated heterocycles. The predicted octanol–water partition coefficient (Wildman–Crippen LogP) is -0.666. The van der Waals surface area contributed by atoms with Gasteiger partial charge in [0.1, 0.15) is 6.04 Å². The molecule has 1 aliphatic heterocycles. The Hall–Kier alpha value is -0.650. The first kappa shape index (κ1) is 12.4. The number of nitrogens with zero attached hydrogens (tertiary/aromatic N) is 1. The molecule has 1 heterocycles. The van der Waals surface area contributed by atoms with Gasteiger partial charge in [0.2, 0.25) is 5.91 Å². The lowest BCUT2D eigenvalue weighted by molar-refractivity contribution is -0.138. The van der Waals surface area contributed by atoms with Gasteiger partial charge in [0.25, 0.3) is 0 Å². The number of likely N-dealkylation sites (tertiary alicyclic amines) is 1. The number of aliphatic hydroxyl groups is 1. The fourth-order valence-corrected chi connectivity index (χ4v) is 1.94. The number of amides is 1. The molecule has 2 unspecified atom stereocenters. The first-order valence-corrected chi connectivity index (χ1v) is 5.36. The number of rotatable bonds is 4. The first-order chi connectivity index (χ1) is 7.20. The van der Waals surface area contributed by atoms with Gasteiger partial charge in [-0.3, -0.25) is 4.79 Å². The van der Waals surface area contributed by atoms with Crippen molar-refractivity contribution in [3.05, 3.63) is 0 Å². The molecule has 0 aromatic heterocycles. The first-order valence-electron chi connectivity index (χ1n) is 5.36. The molecule has 1 aliphatic rings. The number of ether oxygens (including phenoxy) is 1. The standard InChI is InChI=1S/C10H20N2O3/c1-15-7-9(11)10(14)12-5-3-2-4-8(12)6-13/h8-9,13H,2-7,11H2,1H3. The molecule has 0 radical (unpaired) electrons. The lowest BCUT2D eigenvalue weighted by atomic mass is 10.0. The van der Waals surface area contributed by atoms with Crippen LogP contribution in [0.2, 0.25) is 0 Å². The van der Waals surface area contributed by atoms with Crippen LogP contribution >= 0.6 is 0 Å². The van der Waals surface area contributed by atoms with Crippen molar-refractivity contribution in [2.24, 2.45) is 5.73 Å². The smallest absolute Gasteiger partial charge is 0.242 e. The monoisotopic (exact) mass is 216 g/mol. The third kappa shape index (κ3) is 3.15. The molecule has 1 fully saturated rings. The van der Waals surface area contributed by atoms with E-state index in [4.69, 9.17) is 15.6 Å². The quantitative estimate of drug-likeness (QED) is 0.653.